The quantitative estimate of drug-likeness (QED) is 0.853. The molecular weight excluding hydrogens is 306 g/mol. The van der Waals surface area contributed by atoms with Crippen molar-refractivity contribution in [1.82, 2.24) is 5.32 Å². The van der Waals surface area contributed by atoms with Crippen molar-refractivity contribution in [3.05, 3.63) is 29.8 Å². The van der Waals surface area contributed by atoms with E-state index in [4.69, 9.17) is 4.74 Å². The molecule has 1 aliphatic rings. The van der Waals surface area contributed by atoms with Gasteiger partial charge < -0.3 is 10.1 Å². The highest BCUT2D eigenvalue weighted by Crippen LogP contribution is 2.19. The van der Waals surface area contributed by atoms with Crippen LogP contribution in [0.25, 0.3) is 0 Å². The fourth-order valence-electron chi connectivity index (χ4n) is 1.66. The fraction of sp³-hybridized carbons (Fsp3) is 0.455. The van der Waals surface area contributed by atoms with Crippen LogP contribution in [0.1, 0.15) is 5.56 Å². The van der Waals surface area contributed by atoms with E-state index in [1.165, 1.54) is 0 Å². The Balaban J connectivity index is 2.23. The van der Waals surface area contributed by atoms with Gasteiger partial charge in [-0.25, -0.2) is 8.42 Å². The first-order valence-electron chi connectivity index (χ1n) is 5.36. The molecule has 1 atom stereocenters. The van der Waals surface area contributed by atoms with E-state index < -0.39 is 15.3 Å². The van der Waals surface area contributed by atoms with E-state index >= 15 is 0 Å². The minimum Gasteiger partial charge on any atom is -0.359 e. The normalized spacial score (nSPS) is 21.4. The van der Waals surface area contributed by atoms with Gasteiger partial charge in [0.1, 0.15) is 0 Å². The molecule has 0 aliphatic carbocycles. The van der Waals surface area contributed by atoms with Gasteiger partial charge in [-0.2, -0.15) is 0 Å². The highest BCUT2D eigenvalue weighted by molar-refractivity contribution is 9.08. The van der Waals surface area contributed by atoms with Gasteiger partial charge in [0.2, 0.25) is 9.84 Å². The van der Waals surface area contributed by atoms with Crippen molar-refractivity contribution in [2.75, 3.05) is 19.7 Å². The van der Waals surface area contributed by atoms with Crippen molar-refractivity contribution in [3.63, 3.8) is 0 Å². The van der Waals surface area contributed by atoms with Gasteiger partial charge in [0.25, 0.3) is 0 Å². The number of rotatable bonds is 3. The second-order valence-electron chi connectivity index (χ2n) is 3.83. The molecule has 1 aromatic rings. The topological polar surface area (TPSA) is 55.4 Å². The fourth-order valence-corrected chi connectivity index (χ4v) is 3.47. The Bertz CT molecular complexity index is 466. The zero-order valence-corrected chi connectivity index (χ0v) is 11.6. The third-order valence-electron chi connectivity index (χ3n) is 2.65. The number of ether oxygens (including phenoxy) is 1. The van der Waals surface area contributed by atoms with E-state index in [2.05, 4.69) is 21.2 Å². The lowest BCUT2D eigenvalue weighted by Gasteiger charge is -2.23. The summed E-state index contributed by atoms with van der Waals surface area (Å²) in [5, 5.41) is 3.74. The predicted octanol–water partition coefficient (Wildman–Crippen LogP) is 1.30. The van der Waals surface area contributed by atoms with Crippen LogP contribution >= 0.6 is 15.9 Å². The van der Waals surface area contributed by atoms with Crippen LogP contribution in [0, 0.1) is 0 Å². The summed E-state index contributed by atoms with van der Waals surface area (Å²) in [6.45, 7) is 1.49. The zero-order valence-electron chi connectivity index (χ0n) is 9.23. The van der Waals surface area contributed by atoms with Gasteiger partial charge in [-0.1, -0.05) is 28.1 Å². The second-order valence-corrected chi connectivity index (χ2v) is 6.48. The molecular formula is C11H14BrNO3S. The molecule has 6 heteroatoms. The third-order valence-corrected chi connectivity index (χ3v) is 5.22. The van der Waals surface area contributed by atoms with E-state index in [0.29, 0.717) is 24.6 Å². The summed E-state index contributed by atoms with van der Waals surface area (Å²) >= 11 is 3.32. The molecule has 17 heavy (non-hydrogen) atoms. The van der Waals surface area contributed by atoms with Gasteiger partial charge in [0, 0.05) is 18.4 Å². The van der Waals surface area contributed by atoms with E-state index in [1.807, 2.05) is 0 Å². The summed E-state index contributed by atoms with van der Waals surface area (Å²) in [6.07, 6.45) is 0. The number of morpholine rings is 1. The molecule has 94 valence electrons. The van der Waals surface area contributed by atoms with Gasteiger partial charge in [-0.05, 0) is 17.7 Å². The van der Waals surface area contributed by atoms with Crippen LogP contribution < -0.4 is 5.32 Å². The molecule has 1 heterocycles. The summed E-state index contributed by atoms with van der Waals surface area (Å²) in [5.74, 6) is 0. The van der Waals surface area contributed by atoms with E-state index in [1.54, 1.807) is 24.3 Å². The highest BCUT2D eigenvalue weighted by Gasteiger charge is 2.29. The van der Waals surface area contributed by atoms with Crippen molar-refractivity contribution in [1.29, 1.82) is 0 Å². The Hall–Kier alpha value is -0.430. The van der Waals surface area contributed by atoms with Crippen LogP contribution in [-0.2, 0) is 19.9 Å². The molecule has 0 spiro atoms. The summed E-state index contributed by atoms with van der Waals surface area (Å²) in [6, 6.07) is 6.86. The van der Waals surface area contributed by atoms with Crippen LogP contribution in [0.2, 0.25) is 0 Å². The Labute approximate surface area is 109 Å². The number of benzene rings is 1. The predicted molar refractivity (Wildman–Crippen MR) is 68.9 cm³/mol. The maximum absolute atomic E-state index is 12.2. The average Bonchev–Trinajstić information content (AvgIpc) is 2.40. The highest BCUT2D eigenvalue weighted by atomic mass is 79.9. The van der Waals surface area contributed by atoms with Gasteiger partial charge in [-0.15, -0.1) is 0 Å². The molecule has 0 bridgehead atoms. The van der Waals surface area contributed by atoms with Crippen LogP contribution in [0.5, 0.6) is 0 Å². The molecule has 0 radical (unpaired) electrons. The van der Waals surface area contributed by atoms with Crippen molar-refractivity contribution in [2.24, 2.45) is 0 Å². The molecule has 1 aliphatic heterocycles. The monoisotopic (exact) mass is 319 g/mol. The smallest absolute Gasteiger partial charge is 0.206 e. The molecule has 1 saturated heterocycles. The number of hydrogen-bond acceptors (Lipinski definition) is 4. The molecule has 0 aromatic heterocycles. The molecule has 0 amide bonds. The average molecular weight is 320 g/mol. The van der Waals surface area contributed by atoms with Crippen LogP contribution in [0.4, 0.5) is 0 Å². The second kappa shape index (κ2) is 5.48. The number of hydrogen-bond donors (Lipinski definition) is 1. The van der Waals surface area contributed by atoms with E-state index in [0.717, 1.165) is 10.9 Å². The van der Waals surface area contributed by atoms with Crippen molar-refractivity contribution in [3.8, 4) is 0 Å². The first-order chi connectivity index (χ1) is 8.14. The summed E-state index contributed by atoms with van der Waals surface area (Å²) in [5.41, 5.74) is 0.276. The zero-order chi connectivity index (χ0) is 12.3. The molecule has 1 aromatic carbocycles. The first kappa shape index (κ1) is 13.0. The number of alkyl halides is 1. The van der Waals surface area contributed by atoms with Crippen molar-refractivity contribution >= 4 is 25.8 Å². The minimum atomic E-state index is -3.39. The SMILES string of the molecule is O=S(=O)(c1ccc(CBr)cc1)C1CNCCO1. The Morgan fingerprint density at radius 1 is 1.35 bits per heavy atom. The van der Waals surface area contributed by atoms with Gasteiger partial charge in [-0.3, -0.25) is 0 Å². The Morgan fingerprint density at radius 3 is 2.59 bits per heavy atom. The number of sulfone groups is 1. The lowest BCUT2D eigenvalue weighted by molar-refractivity contribution is 0.0785. The molecule has 1 unspecified atom stereocenters. The third kappa shape index (κ3) is 2.88. The lowest BCUT2D eigenvalue weighted by Crippen LogP contribution is -2.42. The summed E-state index contributed by atoms with van der Waals surface area (Å²) in [4.78, 5) is 0.316. The molecule has 2 rings (SSSR count). The standard InChI is InChI=1S/C11H14BrNO3S/c12-7-9-1-3-10(4-2-9)17(14,15)11-8-13-5-6-16-11/h1-4,11,13H,5-8H2. The van der Waals surface area contributed by atoms with E-state index in [-0.39, 0.29) is 0 Å². The van der Waals surface area contributed by atoms with Crippen LogP contribution in [0.15, 0.2) is 29.2 Å². The van der Waals surface area contributed by atoms with Gasteiger partial charge in [0.15, 0.2) is 5.44 Å². The minimum absolute atomic E-state index is 0.316. The Morgan fingerprint density at radius 2 is 2.06 bits per heavy atom. The number of nitrogens with one attached hydrogen (secondary N) is 1. The maximum atomic E-state index is 12.2. The van der Waals surface area contributed by atoms with Crippen molar-refractivity contribution in [2.45, 2.75) is 15.7 Å². The lowest BCUT2D eigenvalue weighted by atomic mass is 10.2. The summed E-state index contributed by atoms with van der Waals surface area (Å²) in [7, 11) is -3.39. The summed E-state index contributed by atoms with van der Waals surface area (Å²) < 4.78 is 29.7. The van der Waals surface area contributed by atoms with Crippen LogP contribution in [-0.4, -0.2) is 33.6 Å². The van der Waals surface area contributed by atoms with E-state index in [9.17, 15) is 8.42 Å². The van der Waals surface area contributed by atoms with Gasteiger partial charge >= 0.3 is 0 Å². The van der Waals surface area contributed by atoms with Crippen LogP contribution in [0.3, 0.4) is 0 Å². The van der Waals surface area contributed by atoms with Gasteiger partial charge in [0.05, 0.1) is 11.5 Å². The maximum Gasteiger partial charge on any atom is 0.206 e. The number of halogens is 1. The molecule has 0 saturated carbocycles. The largest absolute Gasteiger partial charge is 0.359 e. The first-order valence-corrected chi connectivity index (χ1v) is 8.02. The molecule has 4 nitrogen and oxygen atoms in total. The molecule has 1 fully saturated rings. The molecule has 1 N–H and O–H groups in total. The Kier molecular flexibility index (Phi) is 4.19. The van der Waals surface area contributed by atoms with Crippen molar-refractivity contribution < 1.29 is 13.2 Å².